The molecule has 0 aromatic heterocycles. The van der Waals surface area contributed by atoms with Gasteiger partial charge in [0.15, 0.2) is 5.78 Å². The standard InChI is InChI=1S/C23H31BrO5/c1-12(25)29-11-19(28)15-7-6-14-13-4-5-16-21(24)17(26)8-9-22(16,2)20(13)18(27)10-23(14,15)3/h13-16,20-21H,4-11H2,1-3H3/t13-,14-,15+,16?,20+,21-,22-,23-/m0/s1. The van der Waals surface area contributed by atoms with Crippen molar-refractivity contribution < 1.29 is 23.9 Å². The highest BCUT2D eigenvalue weighted by molar-refractivity contribution is 9.10. The molecule has 4 fully saturated rings. The number of esters is 1. The Bertz CT molecular complexity index is 762. The van der Waals surface area contributed by atoms with Crippen molar-refractivity contribution in [2.24, 2.45) is 40.4 Å². The van der Waals surface area contributed by atoms with Gasteiger partial charge in [0.25, 0.3) is 0 Å². The van der Waals surface area contributed by atoms with Gasteiger partial charge in [0.1, 0.15) is 18.2 Å². The zero-order valence-electron chi connectivity index (χ0n) is 17.5. The lowest BCUT2D eigenvalue weighted by atomic mass is 9.44. The predicted molar refractivity (Wildman–Crippen MR) is 110 cm³/mol. The molecule has 5 nitrogen and oxygen atoms in total. The van der Waals surface area contributed by atoms with Gasteiger partial charge in [-0.05, 0) is 60.7 Å². The van der Waals surface area contributed by atoms with E-state index in [1.807, 2.05) is 0 Å². The summed E-state index contributed by atoms with van der Waals surface area (Å²) in [6, 6.07) is 0. The summed E-state index contributed by atoms with van der Waals surface area (Å²) in [5, 5.41) is 0. The van der Waals surface area contributed by atoms with E-state index in [9.17, 15) is 19.2 Å². The fourth-order valence-corrected chi connectivity index (χ4v) is 8.81. The van der Waals surface area contributed by atoms with Crippen LogP contribution in [0.5, 0.6) is 0 Å². The maximum atomic E-state index is 13.6. The van der Waals surface area contributed by atoms with Gasteiger partial charge in [-0.1, -0.05) is 29.8 Å². The quantitative estimate of drug-likeness (QED) is 0.465. The molecule has 1 unspecified atom stereocenters. The van der Waals surface area contributed by atoms with Crippen LogP contribution in [0.25, 0.3) is 0 Å². The Balaban J connectivity index is 1.60. The summed E-state index contributed by atoms with van der Waals surface area (Å²) in [6.07, 6.45) is 5.42. The van der Waals surface area contributed by atoms with E-state index in [1.165, 1.54) is 6.92 Å². The maximum Gasteiger partial charge on any atom is 0.303 e. The normalized spacial score (nSPS) is 46.5. The second kappa shape index (κ2) is 7.28. The highest BCUT2D eigenvalue weighted by atomic mass is 79.9. The van der Waals surface area contributed by atoms with Gasteiger partial charge < -0.3 is 4.74 Å². The lowest BCUT2D eigenvalue weighted by Gasteiger charge is -2.59. The van der Waals surface area contributed by atoms with Gasteiger partial charge in [-0.25, -0.2) is 0 Å². The molecule has 0 spiro atoms. The van der Waals surface area contributed by atoms with E-state index in [0.717, 1.165) is 32.1 Å². The Morgan fingerprint density at radius 3 is 2.41 bits per heavy atom. The number of carbonyl (C=O) groups is 4. The fraction of sp³-hybridized carbons (Fsp3) is 0.826. The summed E-state index contributed by atoms with van der Waals surface area (Å²) in [5.41, 5.74) is -0.472. The second-order valence-corrected chi connectivity index (χ2v) is 11.3. The first-order chi connectivity index (χ1) is 13.6. The number of alkyl halides is 1. The van der Waals surface area contributed by atoms with E-state index in [2.05, 4.69) is 29.8 Å². The van der Waals surface area contributed by atoms with Crippen LogP contribution in [0.2, 0.25) is 0 Å². The number of halogens is 1. The van der Waals surface area contributed by atoms with Crippen molar-refractivity contribution in [3.8, 4) is 0 Å². The average Bonchev–Trinajstić information content (AvgIpc) is 2.99. The number of carbonyl (C=O) groups excluding carboxylic acids is 4. The molecule has 0 aromatic rings. The van der Waals surface area contributed by atoms with Crippen LogP contribution in [-0.4, -0.2) is 34.8 Å². The van der Waals surface area contributed by atoms with Crippen molar-refractivity contribution in [1.82, 2.24) is 0 Å². The number of rotatable bonds is 3. The smallest absolute Gasteiger partial charge is 0.303 e. The molecule has 8 atom stereocenters. The first-order valence-corrected chi connectivity index (χ1v) is 11.9. The van der Waals surface area contributed by atoms with Gasteiger partial charge in [-0.2, -0.15) is 0 Å². The first kappa shape index (κ1) is 21.2. The molecule has 6 heteroatoms. The molecule has 0 bridgehead atoms. The topological polar surface area (TPSA) is 77.5 Å². The predicted octanol–water partition coefficient (Wildman–Crippen LogP) is 3.90. The van der Waals surface area contributed by atoms with E-state index >= 15 is 0 Å². The molecule has 0 aromatic carbocycles. The Kier molecular flexibility index (Phi) is 5.32. The van der Waals surface area contributed by atoms with E-state index in [1.54, 1.807) is 0 Å². The van der Waals surface area contributed by atoms with Crippen LogP contribution < -0.4 is 0 Å². The molecule has 4 saturated carbocycles. The minimum atomic E-state index is -0.444. The van der Waals surface area contributed by atoms with Crippen LogP contribution in [0.15, 0.2) is 0 Å². The van der Waals surface area contributed by atoms with Gasteiger partial charge in [0, 0.05) is 31.6 Å². The van der Waals surface area contributed by atoms with Gasteiger partial charge in [0.2, 0.25) is 0 Å². The SMILES string of the molecule is CC(=O)OCC(=O)[C@H]1CC[C@H]2[C@@H]3CCC4[C@H](Br)C(=O)CC[C@]4(C)[C@H]3C(=O)C[C@]12C. The Morgan fingerprint density at radius 1 is 1.03 bits per heavy atom. The highest BCUT2D eigenvalue weighted by Crippen LogP contribution is 2.66. The molecular weight excluding hydrogens is 436 g/mol. The summed E-state index contributed by atoms with van der Waals surface area (Å²) >= 11 is 3.64. The third-order valence-electron chi connectivity index (χ3n) is 9.00. The second-order valence-electron chi connectivity index (χ2n) is 10.3. The van der Waals surface area contributed by atoms with Gasteiger partial charge in [-0.3, -0.25) is 19.2 Å². The Hall–Kier alpha value is -1.04. The maximum absolute atomic E-state index is 13.6. The van der Waals surface area contributed by atoms with Crippen molar-refractivity contribution >= 4 is 39.2 Å². The zero-order chi connectivity index (χ0) is 21.1. The molecule has 0 N–H and O–H groups in total. The van der Waals surface area contributed by atoms with Crippen molar-refractivity contribution in [1.29, 1.82) is 0 Å². The van der Waals surface area contributed by atoms with Crippen LogP contribution in [-0.2, 0) is 23.9 Å². The summed E-state index contributed by atoms with van der Waals surface area (Å²) in [5.74, 6) is 0.719. The van der Waals surface area contributed by atoms with E-state index < -0.39 is 5.97 Å². The van der Waals surface area contributed by atoms with Gasteiger partial charge in [0.05, 0.1) is 4.83 Å². The number of Topliss-reactive ketones (excluding diaryl/α,β-unsaturated/α-hetero) is 3. The summed E-state index contributed by atoms with van der Waals surface area (Å²) in [7, 11) is 0. The van der Waals surface area contributed by atoms with Gasteiger partial charge >= 0.3 is 5.97 Å². The molecule has 29 heavy (non-hydrogen) atoms. The monoisotopic (exact) mass is 466 g/mol. The van der Waals surface area contributed by atoms with Crippen LogP contribution >= 0.6 is 15.9 Å². The lowest BCUT2D eigenvalue weighted by molar-refractivity contribution is -0.162. The summed E-state index contributed by atoms with van der Waals surface area (Å²) in [6.45, 7) is 5.47. The minimum Gasteiger partial charge on any atom is -0.458 e. The van der Waals surface area contributed by atoms with Crippen molar-refractivity contribution in [3.63, 3.8) is 0 Å². The molecular formula is C23H31BrO5. The van der Waals surface area contributed by atoms with Crippen LogP contribution in [0.3, 0.4) is 0 Å². The van der Waals surface area contributed by atoms with E-state index in [0.29, 0.717) is 24.7 Å². The van der Waals surface area contributed by atoms with Crippen LogP contribution in [0.4, 0.5) is 0 Å². The molecule has 0 radical (unpaired) electrons. The number of fused-ring (bicyclic) bond motifs is 5. The minimum absolute atomic E-state index is 0.00482. The van der Waals surface area contributed by atoms with E-state index in [4.69, 9.17) is 4.74 Å². The third-order valence-corrected chi connectivity index (χ3v) is 10.2. The molecule has 4 aliphatic carbocycles. The number of ether oxygens (including phenoxy) is 1. The first-order valence-electron chi connectivity index (χ1n) is 10.9. The third kappa shape index (κ3) is 3.16. The van der Waals surface area contributed by atoms with Gasteiger partial charge in [-0.15, -0.1) is 0 Å². The highest BCUT2D eigenvalue weighted by Gasteiger charge is 2.65. The van der Waals surface area contributed by atoms with Crippen LogP contribution in [0.1, 0.15) is 65.7 Å². The summed E-state index contributed by atoms with van der Waals surface area (Å²) in [4.78, 5) is 49.7. The summed E-state index contributed by atoms with van der Waals surface area (Å²) < 4.78 is 4.97. The molecule has 160 valence electrons. The molecule has 4 aliphatic rings. The largest absolute Gasteiger partial charge is 0.458 e. The number of hydrogen-bond acceptors (Lipinski definition) is 5. The van der Waals surface area contributed by atoms with E-state index in [-0.39, 0.29) is 57.4 Å². The fourth-order valence-electron chi connectivity index (χ4n) is 7.71. The number of ketones is 3. The zero-order valence-corrected chi connectivity index (χ0v) is 19.1. The molecule has 0 saturated heterocycles. The van der Waals surface area contributed by atoms with Crippen molar-refractivity contribution in [2.75, 3.05) is 6.61 Å². The lowest BCUT2D eigenvalue weighted by Crippen LogP contribution is -2.59. The molecule has 0 heterocycles. The number of hydrogen-bond donors (Lipinski definition) is 0. The average molecular weight is 467 g/mol. The Labute approximate surface area is 180 Å². The van der Waals surface area contributed by atoms with Crippen LogP contribution in [0, 0.1) is 40.4 Å². The van der Waals surface area contributed by atoms with Crippen molar-refractivity contribution in [3.05, 3.63) is 0 Å². The molecule has 0 amide bonds. The Morgan fingerprint density at radius 2 is 1.72 bits per heavy atom. The molecule has 0 aliphatic heterocycles. The molecule has 4 rings (SSSR count). The van der Waals surface area contributed by atoms with Crippen molar-refractivity contribution in [2.45, 2.75) is 70.5 Å².